The fraction of sp³-hybridized carbons (Fsp3) is 0.500. The summed E-state index contributed by atoms with van der Waals surface area (Å²) in [6.45, 7) is 3.51. The molecular formula is C14H20O3S. The number of hydrogen-bond acceptors (Lipinski definition) is 3. The number of aliphatic hydroxyl groups is 1. The average molecular weight is 268 g/mol. The van der Waals surface area contributed by atoms with Crippen molar-refractivity contribution in [3.63, 3.8) is 0 Å². The molecule has 0 aliphatic heterocycles. The molecule has 0 bridgehead atoms. The summed E-state index contributed by atoms with van der Waals surface area (Å²) in [6.07, 6.45) is 1.05. The summed E-state index contributed by atoms with van der Waals surface area (Å²) < 4.78 is 11.9. The van der Waals surface area contributed by atoms with Crippen molar-refractivity contribution in [2.75, 3.05) is 5.75 Å². The molecule has 100 valence electrons. The number of aliphatic hydroxyl groups excluding tert-OH is 1. The summed E-state index contributed by atoms with van der Waals surface area (Å²) in [4.78, 5) is 11.5. The van der Waals surface area contributed by atoms with Gasteiger partial charge in [0.05, 0.1) is 22.7 Å². The highest BCUT2D eigenvalue weighted by Crippen LogP contribution is 2.11. The van der Waals surface area contributed by atoms with E-state index in [9.17, 15) is 14.1 Å². The first-order valence-corrected chi connectivity index (χ1v) is 7.43. The summed E-state index contributed by atoms with van der Waals surface area (Å²) in [5, 5.41) is 9.74. The highest BCUT2D eigenvalue weighted by molar-refractivity contribution is 7.85. The van der Waals surface area contributed by atoms with E-state index in [-0.39, 0.29) is 11.5 Å². The predicted molar refractivity (Wildman–Crippen MR) is 73.0 cm³/mol. The molecule has 0 saturated carbocycles. The average Bonchev–Trinajstić information content (AvgIpc) is 2.29. The Labute approximate surface area is 111 Å². The van der Waals surface area contributed by atoms with E-state index in [0.29, 0.717) is 19.3 Å². The van der Waals surface area contributed by atoms with Gasteiger partial charge in [-0.15, -0.1) is 0 Å². The Balaban J connectivity index is 2.39. The maximum absolute atomic E-state index is 11.9. The standard InChI is InChI=1S/C14H20O3S/c1-11-6-8-14(9-7-11)18(17)10-13(16)5-3-4-12(2)15/h6-9,13,16H,3-5,10H2,1-2H3/t13-,18?/m0/s1. The zero-order valence-corrected chi connectivity index (χ0v) is 11.7. The predicted octanol–water partition coefficient (Wildman–Crippen LogP) is 2.22. The van der Waals surface area contributed by atoms with E-state index in [1.54, 1.807) is 0 Å². The van der Waals surface area contributed by atoms with Gasteiger partial charge in [-0.1, -0.05) is 17.7 Å². The van der Waals surface area contributed by atoms with E-state index in [1.807, 2.05) is 31.2 Å². The lowest BCUT2D eigenvalue weighted by molar-refractivity contribution is -0.117. The highest BCUT2D eigenvalue weighted by atomic mass is 32.2. The number of ketones is 1. The molecule has 0 aliphatic carbocycles. The van der Waals surface area contributed by atoms with Crippen molar-refractivity contribution < 1.29 is 14.1 Å². The number of carbonyl (C=O) groups excluding carboxylic acids is 1. The number of hydrogen-bond donors (Lipinski definition) is 1. The van der Waals surface area contributed by atoms with E-state index in [1.165, 1.54) is 6.92 Å². The number of benzene rings is 1. The summed E-state index contributed by atoms with van der Waals surface area (Å²) in [7, 11) is -1.17. The van der Waals surface area contributed by atoms with Crippen molar-refractivity contribution in [1.29, 1.82) is 0 Å². The molecule has 1 aromatic rings. The van der Waals surface area contributed by atoms with Crippen LogP contribution in [0, 0.1) is 6.92 Å². The van der Waals surface area contributed by atoms with Crippen LogP contribution >= 0.6 is 0 Å². The molecule has 18 heavy (non-hydrogen) atoms. The van der Waals surface area contributed by atoms with Crippen molar-refractivity contribution in [2.24, 2.45) is 0 Å². The van der Waals surface area contributed by atoms with Gasteiger partial charge >= 0.3 is 0 Å². The third-order valence-corrected chi connectivity index (χ3v) is 4.18. The van der Waals surface area contributed by atoms with E-state index in [0.717, 1.165) is 10.5 Å². The third-order valence-electron chi connectivity index (χ3n) is 2.69. The number of carbonyl (C=O) groups is 1. The zero-order chi connectivity index (χ0) is 13.5. The van der Waals surface area contributed by atoms with E-state index < -0.39 is 16.9 Å². The van der Waals surface area contributed by atoms with E-state index >= 15 is 0 Å². The second kappa shape index (κ2) is 7.44. The molecule has 3 nitrogen and oxygen atoms in total. The Hall–Kier alpha value is -1.00. The summed E-state index contributed by atoms with van der Waals surface area (Å²) >= 11 is 0. The molecule has 0 amide bonds. The van der Waals surface area contributed by atoms with Gasteiger partial charge in [-0.25, -0.2) is 0 Å². The number of Topliss-reactive ketones (excluding diaryl/α,β-unsaturated/α-hetero) is 1. The Kier molecular flexibility index (Phi) is 6.22. The van der Waals surface area contributed by atoms with Crippen LogP contribution in [0.4, 0.5) is 0 Å². The van der Waals surface area contributed by atoms with Crippen LogP contribution in [0.2, 0.25) is 0 Å². The van der Waals surface area contributed by atoms with Gasteiger partial charge in [-0.3, -0.25) is 4.21 Å². The molecule has 1 aromatic carbocycles. The van der Waals surface area contributed by atoms with Crippen LogP contribution in [0.3, 0.4) is 0 Å². The van der Waals surface area contributed by atoms with Crippen LogP contribution in [0.15, 0.2) is 29.2 Å². The van der Waals surface area contributed by atoms with Gasteiger partial charge in [0, 0.05) is 11.3 Å². The van der Waals surface area contributed by atoms with Crippen molar-refractivity contribution >= 4 is 16.6 Å². The SMILES string of the molecule is CC(=O)CCC[C@H](O)CS(=O)c1ccc(C)cc1. The van der Waals surface area contributed by atoms with Crippen LogP contribution in [0.5, 0.6) is 0 Å². The quantitative estimate of drug-likeness (QED) is 0.825. The first kappa shape index (κ1) is 15.1. The van der Waals surface area contributed by atoms with E-state index in [2.05, 4.69) is 0 Å². The minimum Gasteiger partial charge on any atom is -0.392 e. The van der Waals surface area contributed by atoms with Crippen LogP contribution < -0.4 is 0 Å². The molecule has 4 heteroatoms. The maximum Gasteiger partial charge on any atom is 0.129 e. The molecule has 0 spiro atoms. The maximum atomic E-state index is 11.9. The first-order chi connectivity index (χ1) is 8.49. The second-order valence-corrected chi connectivity index (χ2v) is 6.07. The van der Waals surface area contributed by atoms with Crippen molar-refractivity contribution in [2.45, 2.75) is 44.1 Å². The smallest absolute Gasteiger partial charge is 0.129 e. The Bertz CT molecular complexity index is 412. The highest BCUT2D eigenvalue weighted by Gasteiger charge is 2.11. The number of rotatable bonds is 7. The topological polar surface area (TPSA) is 54.4 Å². The molecule has 1 rings (SSSR count). The normalized spacial score (nSPS) is 14.2. The molecule has 0 fully saturated rings. The zero-order valence-electron chi connectivity index (χ0n) is 10.9. The van der Waals surface area contributed by atoms with Gasteiger partial charge < -0.3 is 9.90 Å². The van der Waals surface area contributed by atoms with Crippen LogP contribution in [-0.4, -0.2) is 27.0 Å². The van der Waals surface area contributed by atoms with Crippen LogP contribution in [0.1, 0.15) is 31.7 Å². The van der Waals surface area contributed by atoms with Crippen molar-refractivity contribution in [1.82, 2.24) is 0 Å². The third kappa shape index (κ3) is 5.56. The minimum atomic E-state index is -1.17. The molecule has 1 unspecified atom stereocenters. The number of aryl methyl sites for hydroxylation is 1. The van der Waals surface area contributed by atoms with Gasteiger partial charge in [0.1, 0.15) is 5.78 Å². The molecule has 0 aliphatic rings. The fourth-order valence-corrected chi connectivity index (χ4v) is 2.78. The summed E-state index contributed by atoms with van der Waals surface area (Å²) in [6, 6.07) is 7.48. The molecule has 0 radical (unpaired) electrons. The lowest BCUT2D eigenvalue weighted by atomic mass is 10.1. The Morgan fingerprint density at radius 1 is 1.33 bits per heavy atom. The minimum absolute atomic E-state index is 0.127. The fourth-order valence-electron chi connectivity index (χ4n) is 1.63. The lowest BCUT2D eigenvalue weighted by Gasteiger charge is -2.09. The lowest BCUT2D eigenvalue weighted by Crippen LogP contribution is -2.17. The summed E-state index contributed by atoms with van der Waals surface area (Å²) in [5.74, 6) is 0.364. The van der Waals surface area contributed by atoms with E-state index in [4.69, 9.17) is 0 Å². The second-order valence-electron chi connectivity index (χ2n) is 4.57. The van der Waals surface area contributed by atoms with Crippen LogP contribution in [-0.2, 0) is 15.6 Å². The molecule has 0 heterocycles. The summed E-state index contributed by atoms with van der Waals surface area (Å²) in [5.41, 5.74) is 1.12. The molecule has 0 aromatic heterocycles. The van der Waals surface area contributed by atoms with Crippen molar-refractivity contribution in [3.8, 4) is 0 Å². The van der Waals surface area contributed by atoms with Gasteiger partial charge in [0.15, 0.2) is 0 Å². The monoisotopic (exact) mass is 268 g/mol. The van der Waals surface area contributed by atoms with Gasteiger partial charge in [-0.05, 0) is 38.8 Å². The molecule has 0 saturated heterocycles. The largest absolute Gasteiger partial charge is 0.392 e. The molecule has 1 N–H and O–H groups in total. The Morgan fingerprint density at radius 2 is 1.94 bits per heavy atom. The van der Waals surface area contributed by atoms with Gasteiger partial charge in [-0.2, -0.15) is 0 Å². The van der Waals surface area contributed by atoms with Gasteiger partial charge in [0.25, 0.3) is 0 Å². The first-order valence-electron chi connectivity index (χ1n) is 6.11. The van der Waals surface area contributed by atoms with Crippen LogP contribution in [0.25, 0.3) is 0 Å². The molecule has 2 atom stereocenters. The Morgan fingerprint density at radius 3 is 2.50 bits per heavy atom. The molecular weight excluding hydrogens is 248 g/mol. The van der Waals surface area contributed by atoms with Crippen molar-refractivity contribution in [3.05, 3.63) is 29.8 Å². The van der Waals surface area contributed by atoms with Gasteiger partial charge in [0.2, 0.25) is 0 Å².